The molecule has 0 saturated carbocycles. The Morgan fingerprint density at radius 2 is 1.42 bits per heavy atom. The number of hydrogen-bond donors (Lipinski definition) is 1. The minimum absolute atomic E-state index is 0.710. The molecule has 19 heavy (non-hydrogen) atoms. The highest BCUT2D eigenvalue weighted by Crippen LogP contribution is 2.26. The summed E-state index contributed by atoms with van der Waals surface area (Å²) in [5.74, 6) is 0. The Bertz CT molecular complexity index is 332. The van der Waals surface area contributed by atoms with Crippen LogP contribution in [0.25, 0.3) is 0 Å². The summed E-state index contributed by atoms with van der Waals surface area (Å²) in [5.41, 5.74) is 0. The van der Waals surface area contributed by atoms with Crippen molar-refractivity contribution in [1.29, 1.82) is 0 Å². The SMILES string of the molecule is CCCCCCCCCCCCC1=CC=C(S)S1=O. The Morgan fingerprint density at radius 3 is 1.89 bits per heavy atom. The molecule has 1 atom stereocenters. The van der Waals surface area contributed by atoms with Gasteiger partial charge in [-0.15, -0.1) is 12.6 Å². The van der Waals surface area contributed by atoms with Crippen molar-refractivity contribution < 1.29 is 4.21 Å². The van der Waals surface area contributed by atoms with Gasteiger partial charge >= 0.3 is 0 Å². The summed E-state index contributed by atoms with van der Waals surface area (Å²) in [5, 5.41) is 0. The van der Waals surface area contributed by atoms with Gasteiger partial charge in [-0.3, -0.25) is 0 Å². The molecule has 0 fully saturated rings. The molecule has 1 heterocycles. The van der Waals surface area contributed by atoms with Crippen LogP contribution < -0.4 is 0 Å². The van der Waals surface area contributed by atoms with Gasteiger partial charge in [-0.1, -0.05) is 64.7 Å². The monoisotopic (exact) mass is 300 g/mol. The minimum atomic E-state index is -0.933. The summed E-state index contributed by atoms with van der Waals surface area (Å²) in [7, 11) is -0.933. The first kappa shape index (κ1) is 17.0. The van der Waals surface area contributed by atoms with Gasteiger partial charge in [-0.2, -0.15) is 0 Å². The Labute approximate surface area is 126 Å². The van der Waals surface area contributed by atoms with Crippen LogP contribution in [-0.2, 0) is 10.8 Å². The van der Waals surface area contributed by atoms with Crippen LogP contribution in [0, 0.1) is 0 Å². The molecule has 0 saturated heterocycles. The fourth-order valence-electron chi connectivity index (χ4n) is 2.38. The summed E-state index contributed by atoms with van der Waals surface area (Å²) in [6, 6.07) is 0. The van der Waals surface area contributed by atoms with Gasteiger partial charge in [0, 0.05) is 4.91 Å². The maximum absolute atomic E-state index is 11.7. The van der Waals surface area contributed by atoms with Crippen molar-refractivity contribution in [2.45, 2.75) is 77.6 Å². The number of allylic oxidation sites excluding steroid dienone is 3. The molecule has 0 aromatic rings. The van der Waals surface area contributed by atoms with E-state index in [1.807, 2.05) is 12.2 Å². The third-order valence-electron chi connectivity index (χ3n) is 3.62. The molecule has 1 aliphatic heterocycles. The first-order chi connectivity index (χ1) is 9.25. The van der Waals surface area contributed by atoms with Gasteiger partial charge in [0.2, 0.25) is 0 Å². The zero-order valence-electron chi connectivity index (χ0n) is 12.2. The molecule has 0 aromatic carbocycles. The van der Waals surface area contributed by atoms with Crippen molar-refractivity contribution in [3.05, 3.63) is 21.3 Å². The molecule has 110 valence electrons. The summed E-state index contributed by atoms with van der Waals surface area (Å²) in [6.45, 7) is 2.26. The highest BCUT2D eigenvalue weighted by molar-refractivity contribution is 8.09. The van der Waals surface area contributed by atoms with Crippen LogP contribution in [-0.4, -0.2) is 4.21 Å². The Morgan fingerprint density at radius 1 is 0.895 bits per heavy atom. The number of rotatable bonds is 11. The van der Waals surface area contributed by atoms with E-state index in [0.717, 1.165) is 11.3 Å². The van der Waals surface area contributed by atoms with Crippen molar-refractivity contribution in [2.75, 3.05) is 0 Å². The van der Waals surface area contributed by atoms with Gasteiger partial charge in [0.05, 0.1) is 15.0 Å². The molecule has 1 aliphatic rings. The number of unbranched alkanes of at least 4 members (excludes halogenated alkanes) is 9. The van der Waals surface area contributed by atoms with Crippen molar-refractivity contribution in [3.8, 4) is 0 Å². The van der Waals surface area contributed by atoms with Gasteiger partial charge in [-0.25, -0.2) is 4.21 Å². The molecule has 3 heteroatoms. The molecule has 1 unspecified atom stereocenters. The first-order valence-corrected chi connectivity index (χ1v) is 9.37. The Hall–Kier alpha value is -0.0200. The molecule has 0 bridgehead atoms. The quantitative estimate of drug-likeness (QED) is 0.382. The molecule has 0 radical (unpaired) electrons. The summed E-state index contributed by atoms with van der Waals surface area (Å²) in [4.78, 5) is 1.06. The average Bonchev–Trinajstić information content (AvgIpc) is 2.73. The van der Waals surface area contributed by atoms with E-state index in [0.29, 0.717) is 4.24 Å². The smallest absolute Gasteiger partial charge is 0.0870 e. The molecule has 1 rings (SSSR count). The topological polar surface area (TPSA) is 17.1 Å². The van der Waals surface area contributed by atoms with Crippen molar-refractivity contribution >= 4 is 23.4 Å². The van der Waals surface area contributed by atoms with Gasteiger partial charge in [-0.05, 0) is 25.0 Å². The Balaban J connectivity index is 1.86. The van der Waals surface area contributed by atoms with Crippen LogP contribution in [0.3, 0.4) is 0 Å². The van der Waals surface area contributed by atoms with Crippen LogP contribution in [0.5, 0.6) is 0 Å². The molecule has 0 aliphatic carbocycles. The van der Waals surface area contributed by atoms with E-state index < -0.39 is 10.8 Å². The lowest BCUT2D eigenvalue weighted by molar-refractivity contribution is 0.557. The molecule has 0 aromatic heterocycles. The van der Waals surface area contributed by atoms with E-state index in [1.165, 1.54) is 64.2 Å². The highest BCUT2D eigenvalue weighted by atomic mass is 32.2. The van der Waals surface area contributed by atoms with E-state index >= 15 is 0 Å². The minimum Gasteiger partial charge on any atom is -0.249 e. The van der Waals surface area contributed by atoms with Crippen molar-refractivity contribution in [3.63, 3.8) is 0 Å². The van der Waals surface area contributed by atoms with Gasteiger partial charge < -0.3 is 0 Å². The third-order valence-corrected chi connectivity index (χ3v) is 5.60. The van der Waals surface area contributed by atoms with E-state index in [-0.39, 0.29) is 0 Å². The lowest BCUT2D eigenvalue weighted by atomic mass is 10.1. The van der Waals surface area contributed by atoms with E-state index in [2.05, 4.69) is 19.6 Å². The van der Waals surface area contributed by atoms with Crippen LogP contribution >= 0.6 is 12.6 Å². The molecule has 0 spiro atoms. The standard InChI is InChI=1S/C16H28OS2/c1-2-3-4-5-6-7-8-9-10-11-12-15-13-14-16(18)19(15)17/h13-14,18H,2-12H2,1H3. The zero-order chi connectivity index (χ0) is 13.9. The second-order valence-electron chi connectivity index (χ2n) is 5.34. The van der Waals surface area contributed by atoms with E-state index in [4.69, 9.17) is 0 Å². The zero-order valence-corrected chi connectivity index (χ0v) is 13.9. The van der Waals surface area contributed by atoms with Crippen LogP contribution in [0.2, 0.25) is 0 Å². The number of hydrogen-bond acceptors (Lipinski definition) is 2. The fraction of sp³-hybridized carbons (Fsp3) is 0.750. The molecular weight excluding hydrogens is 272 g/mol. The second kappa shape index (κ2) is 10.7. The van der Waals surface area contributed by atoms with Gasteiger partial charge in [0.15, 0.2) is 0 Å². The average molecular weight is 301 g/mol. The Kier molecular flexibility index (Phi) is 9.62. The van der Waals surface area contributed by atoms with Crippen molar-refractivity contribution in [2.24, 2.45) is 0 Å². The maximum Gasteiger partial charge on any atom is 0.0870 e. The number of thiol groups is 1. The first-order valence-electron chi connectivity index (χ1n) is 7.77. The molecule has 1 nitrogen and oxygen atoms in total. The molecular formula is C16H28OS2. The molecule has 0 amide bonds. The highest BCUT2D eigenvalue weighted by Gasteiger charge is 2.14. The third kappa shape index (κ3) is 7.36. The lowest BCUT2D eigenvalue weighted by Gasteiger charge is -2.03. The van der Waals surface area contributed by atoms with Crippen LogP contribution in [0.1, 0.15) is 77.6 Å². The lowest BCUT2D eigenvalue weighted by Crippen LogP contribution is -1.90. The van der Waals surface area contributed by atoms with Crippen LogP contribution in [0.15, 0.2) is 21.3 Å². The van der Waals surface area contributed by atoms with Crippen LogP contribution in [0.4, 0.5) is 0 Å². The maximum atomic E-state index is 11.7. The summed E-state index contributed by atoms with van der Waals surface area (Å²) >= 11 is 4.18. The largest absolute Gasteiger partial charge is 0.249 e. The summed E-state index contributed by atoms with van der Waals surface area (Å²) < 4.78 is 12.4. The van der Waals surface area contributed by atoms with E-state index in [1.54, 1.807) is 0 Å². The predicted octanol–water partition coefficient (Wildman–Crippen LogP) is 5.71. The molecule has 0 N–H and O–H groups in total. The van der Waals surface area contributed by atoms with Gasteiger partial charge in [0.1, 0.15) is 0 Å². The fourth-order valence-corrected chi connectivity index (χ4v) is 3.79. The second-order valence-corrected chi connectivity index (χ2v) is 7.62. The predicted molar refractivity (Wildman–Crippen MR) is 89.8 cm³/mol. The van der Waals surface area contributed by atoms with E-state index in [9.17, 15) is 4.21 Å². The normalized spacial score (nSPS) is 18.5. The van der Waals surface area contributed by atoms with Crippen molar-refractivity contribution in [1.82, 2.24) is 0 Å². The summed E-state index contributed by atoms with van der Waals surface area (Å²) in [6.07, 6.45) is 18.3. The van der Waals surface area contributed by atoms with Gasteiger partial charge in [0.25, 0.3) is 0 Å².